The molecule has 0 heterocycles. The third-order valence-electron chi connectivity index (χ3n) is 2.90. The van der Waals surface area contributed by atoms with Gasteiger partial charge < -0.3 is 0 Å². The molecule has 0 radical (unpaired) electrons. The number of benzene rings is 2. The quantitative estimate of drug-likeness (QED) is 0.273. The van der Waals surface area contributed by atoms with E-state index in [1.165, 1.54) is 42.5 Å². The molecule has 4 nitrogen and oxygen atoms in total. The lowest BCUT2D eigenvalue weighted by Crippen LogP contribution is -1.93. The summed E-state index contributed by atoms with van der Waals surface area (Å²) in [7, 11) is 0. The van der Waals surface area contributed by atoms with Gasteiger partial charge in [-0.25, -0.2) is 4.39 Å². The Morgan fingerprint density at radius 1 is 1.05 bits per heavy atom. The van der Waals surface area contributed by atoms with Crippen molar-refractivity contribution in [1.82, 2.24) is 0 Å². The van der Waals surface area contributed by atoms with Gasteiger partial charge in [0.25, 0.3) is 5.69 Å². The summed E-state index contributed by atoms with van der Waals surface area (Å²) in [4.78, 5) is 22.2. The van der Waals surface area contributed by atoms with Gasteiger partial charge in [-0.3, -0.25) is 14.9 Å². The Morgan fingerprint density at radius 3 is 2.41 bits per heavy atom. The van der Waals surface area contributed by atoms with Gasteiger partial charge in [0.05, 0.1) is 10.5 Å². The lowest BCUT2D eigenvalue weighted by Gasteiger charge is -1.95. The van der Waals surface area contributed by atoms with Crippen molar-refractivity contribution in [3.63, 3.8) is 0 Å². The van der Waals surface area contributed by atoms with Crippen LogP contribution >= 0.6 is 0 Å². The van der Waals surface area contributed by atoms with Crippen LogP contribution in [0, 0.1) is 15.9 Å². The zero-order valence-electron chi connectivity index (χ0n) is 11.5. The van der Waals surface area contributed by atoms with Crippen LogP contribution in [0.3, 0.4) is 0 Å². The van der Waals surface area contributed by atoms with Crippen LogP contribution in [0.1, 0.15) is 15.9 Å². The average Bonchev–Trinajstić information content (AvgIpc) is 2.52. The second kappa shape index (κ2) is 7.08. The summed E-state index contributed by atoms with van der Waals surface area (Å²) in [5, 5.41) is 10.8. The average molecular weight is 297 g/mol. The molecule has 0 fully saturated rings. The summed E-state index contributed by atoms with van der Waals surface area (Å²) in [5.74, 6) is -0.677. The molecule has 0 aliphatic heterocycles. The van der Waals surface area contributed by atoms with E-state index in [0.29, 0.717) is 11.1 Å². The fourth-order valence-corrected chi connectivity index (χ4v) is 1.81. The van der Waals surface area contributed by atoms with Crippen LogP contribution in [0.2, 0.25) is 0 Å². The number of nitro groups is 1. The highest BCUT2D eigenvalue weighted by atomic mass is 19.1. The standard InChI is InChI=1S/C17H12FNO3/c18-15-11-9-14(10-12-15)17(20)8-4-2-6-13-5-1-3-7-16(13)19(21)22/h1-12H/b6-2+,8-4+. The van der Waals surface area contributed by atoms with Gasteiger partial charge in [-0.15, -0.1) is 0 Å². The third kappa shape index (κ3) is 3.96. The predicted octanol–water partition coefficient (Wildman–Crippen LogP) is 4.19. The molecule has 2 aromatic carbocycles. The Bertz CT molecular complexity index is 749. The summed E-state index contributed by atoms with van der Waals surface area (Å²) in [5.41, 5.74) is 0.820. The Hall–Kier alpha value is -3.08. The molecule has 0 unspecified atom stereocenters. The maximum absolute atomic E-state index is 12.8. The second-order valence-corrected chi connectivity index (χ2v) is 4.41. The van der Waals surface area contributed by atoms with Crippen molar-refractivity contribution in [3.05, 3.63) is 93.8 Å². The van der Waals surface area contributed by atoms with Gasteiger partial charge in [0.1, 0.15) is 5.82 Å². The number of hydrogen-bond donors (Lipinski definition) is 0. The molecule has 0 spiro atoms. The van der Waals surface area contributed by atoms with Gasteiger partial charge in [-0.1, -0.05) is 24.3 Å². The molecule has 0 aromatic heterocycles. The van der Waals surface area contributed by atoms with E-state index in [2.05, 4.69) is 0 Å². The molecular formula is C17H12FNO3. The molecule has 0 saturated carbocycles. The molecule has 0 amide bonds. The van der Waals surface area contributed by atoms with Crippen LogP contribution in [-0.4, -0.2) is 10.7 Å². The Kier molecular flexibility index (Phi) is 4.93. The Morgan fingerprint density at radius 2 is 1.73 bits per heavy atom. The number of ketones is 1. The number of carbonyl (C=O) groups excluding carboxylic acids is 1. The minimum Gasteiger partial charge on any atom is -0.289 e. The van der Waals surface area contributed by atoms with E-state index in [4.69, 9.17) is 0 Å². The monoisotopic (exact) mass is 297 g/mol. The Balaban J connectivity index is 2.07. The molecule has 0 N–H and O–H groups in total. The summed E-state index contributed by atoms with van der Waals surface area (Å²) in [6, 6.07) is 11.5. The number of carbonyl (C=O) groups is 1. The largest absolute Gasteiger partial charge is 0.289 e. The van der Waals surface area contributed by atoms with Crippen molar-refractivity contribution in [2.45, 2.75) is 0 Å². The maximum atomic E-state index is 12.8. The van der Waals surface area contributed by atoms with E-state index in [-0.39, 0.29) is 11.5 Å². The molecule has 0 aliphatic rings. The lowest BCUT2D eigenvalue weighted by atomic mass is 10.1. The highest BCUT2D eigenvalue weighted by molar-refractivity contribution is 6.04. The zero-order valence-corrected chi connectivity index (χ0v) is 11.5. The van der Waals surface area contributed by atoms with Gasteiger partial charge in [0.2, 0.25) is 0 Å². The molecule has 2 rings (SSSR count). The molecule has 0 saturated heterocycles. The van der Waals surface area contributed by atoms with Crippen molar-refractivity contribution < 1.29 is 14.1 Å². The second-order valence-electron chi connectivity index (χ2n) is 4.41. The van der Waals surface area contributed by atoms with Gasteiger partial charge in [0, 0.05) is 11.6 Å². The minimum absolute atomic E-state index is 0.00277. The van der Waals surface area contributed by atoms with Crippen LogP contribution < -0.4 is 0 Å². The van der Waals surface area contributed by atoms with Gasteiger partial charge in [-0.2, -0.15) is 0 Å². The lowest BCUT2D eigenvalue weighted by molar-refractivity contribution is -0.385. The fourth-order valence-electron chi connectivity index (χ4n) is 1.81. The van der Waals surface area contributed by atoms with E-state index >= 15 is 0 Å². The van der Waals surface area contributed by atoms with E-state index in [1.54, 1.807) is 30.4 Å². The predicted molar refractivity (Wildman–Crippen MR) is 82.0 cm³/mol. The number of hydrogen-bond acceptors (Lipinski definition) is 3. The van der Waals surface area contributed by atoms with E-state index in [9.17, 15) is 19.3 Å². The first-order valence-electron chi connectivity index (χ1n) is 6.46. The maximum Gasteiger partial charge on any atom is 0.276 e. The van der Waals surface area contributed by atoms with E-state index in [1.807, 2.05) is 0 Å². The van der Waals surface area contributed by atoms with Crippen molar-refractivity contribution in [1.29, 1.82) is 0 Å². The molecule has 22 heavy (non-hydrogen) atoms. The molecular weight excluding hydrogens is 285 g/mol. The summed E-state index contributed by atoms with van der Waals surface area (Å²) in [6.45, 7) is 0. The Labute approximate surface area is 126 Å². The van der Waals surface area contributed by atoms with Crippen molar-refractivity contribution in [2.75, 3.05) is 0 Å². The highest BCUT2D eigenvalue weighted by Gasteiger charge is 2.08. The van der Waals surface area contributed by atoms with Crippen molar-refractivity contribution in [3.8, 4) is 0 Å². The van der Waals surface area contributed by atoms with Crippen molar-refractivity contribution >= 4 is 17.5 Å². The van der Waals surface area contributed by atoms with Crippen LogP contribution in [0.4, 0.5) is 10.1 Å². The number of halogens is 1. The summed E-state index contributed by atoms with van der Waals surface area (Å²) < 4.78 is 12.8. The first kappa shape index (κ1) is 15.3. The normalized spacial score (nSPS) is 11.1. The molecule has 0 aliphatic carbocycles. The smallest absolute Gasteiger partial charge is 0.276 e. The number of para-hydroxylation sites is 1. The van der Waals surface area contributed by atoms with Crippen LogP contribution in [0.15, 0.2) is 66.8 Å². The van der Waals surface area contributed by atoms with E-state index in [0.717, 1.165) is 0 Å². The first-order valence-corrected chi connectivity index (χ1v) is 6.46. The highest BCUT2D eigenvalue weighted by Crippen LogP contribution is 2.18. The van der Waals surface area contributed by atoms with E-state index < -0.39 is 10.7 Å². The van der Waals surface area contributed by atoms with Gasteiger partial charge >= 0.3 is 0 Å². The van der Waals surface area contributed by atoms with Crippen LogP contribution in [0.5, 0.6) is 0 Å². The molecule has 5 heteroatoms. The molecule has 110 valence electrons. The zero-order chi connectivity index (χ0) is 15.9. The minimum atomic E-state index is -0.465. The van der Waals surface area contributed by atoms with Crippen LogP contribution in [-0.2, 0) is 0 Å². The van der Waals surface area contributed by atoms with Gasteiger partial charge in [-0.05, 0) is 42.5 Å². The molecule has 0 bridgehead atoms. The third-order valence-corrected chi connectivity index (χ3v) is 2.90. The first-order chi connectivity index (χ1) is 10.6. The fraction of sp³-hybridized carbons (Fsp3) is 0. The SMILES string of the molecule is O=C(/C=C/C=C/c1ccccc1[N+](=O)[O-])c1ccc(F)cc1. The van der Waals surface area contributed by atoms with Crippen LogP contribution in [0.25, 0.3) is 6.08 Å². The summed E-state index contributed by atoms with van der Waals surface area (Å²) in [6.07, 6.45) is 5.90. The van der Waals surface area contributed by atoms with Crippen molar-refractivity contribution in [2.24, 2.45) is 0 Å². The number of allylic oxidation sites excluding steroid dienone is 3. The number of nitrogens with zero attached hydrogens (tertiary/aromatic N) is 1. The molecule has 0 atom stereocenters. The number of nitro benzene ring substituents is 1. The topological polar surface area (TPSA) is 60.2 Å². The van der Waals surface area contributed by atoms with Gasteiger partial charge in [0.15, 0.2) is 5.78 Å². The molecule has 2 aromatic rings. The number of rotatable bonds is 5. The summed E-state index contributed by atoms with van der Waals surface area (Å²) >= 11 is 0.